The summed E-state index contributed by atoms with van der Waals surface area (Å²) < 4.78 is 28.7. The molecule has 2 heterocycles. The third-order valence-corrected chi connectivity index (χ3v) is 6.17. The number of likely N-dealkylation sites (tertiary alicyclic amines) is 1. The molecule has 1 aliphatic heterocycles. The molecule has 1 saturated heterocycles. The number of hydrogen-bond donors (Lipinski definition) is 1. The van der Waals surface area contributed by atoms with Crippen LogP contribution in [0.25, 0.3) is 11.0 Å². The van der Waals surface area contributed by atoms with E-state index in [0.29, 0.717) is 30.0 Å². The summed E-state index contributed by atoms with van der Waals surface area (Å²) in [7, 11) is 0. The Morgan fingerprint density at radius 1 is 1.07 bits per heavy atom. The Morgan fingerprint density at radius 3 is 2.54 bits per heavy atom. The fraction of sp³-hybridized carbons (Fsp3) is 0.619. The van der Waals surface area contributed by atoms with Gasteiger partial charge in [0.1, 0.15) is 0 Å². The Balaban J connectivity index is 1.26. The molecule has 1 amide bonds. The molecular formula is C21H28F2N4O. The molecule has 2 fully saturated rings. The number of aromatic nitrogens is 2. The molecule has 0 spiro atoms. The fourth-order valence-corrected chi connectivity index (χ4v) is 4.54. The van der Waals surface area contributed by atoms with E-state index in [9.17, 15) is 13.6 Å². The standard InChI is InChI=1S/C21H28F2N4O/c22-17-11-19-20(12-18(17)23)27(13-24-19)14-26-8-6-16(7-9-26)25-21(28)10-15-4-2-1-3-5-15/h11-13,15-16H,1-10,14H2,(H,25,28). The number of rotatable bonds is 5. The second-order valence-corrected chi connectivity index (χ2v) is 8.28. The second kappa shape index (κ2) is 8.55. The van der Waals surface area contributed by atoms with Crippen LogP contribution in [-0.2, 0) is 11.5 Å². The number of imidazole rings is 1. The predicted molar refractivity (Wildman–Crippen MR) is 104 cm³/mol. The van der Waals surface area contributed by atoms with Crippen LogP contribution in [-0.4, -0.2) is 39.5 Å². The zero-order valence-electron chi connectivity index (χ0n) is 16.2. The summed E-state index contributed by atoms with van der Waals surface area (Å²) in [5.41, 5.74) is 1.06. The Kier molecular flexibility index (Phi) is 5.90. The van der Waals surface area contributed by atoms with Gasteiger partial charge >= 0.3 is 0 Å². The molecule has 1 saturated carbocycles. The lowest BCUT2D eigenvalue weighted by atomic mass is 9.86. The average Bonchev–Trinajstić information content (AvgIpc) is 3.06. The van der Waals surface area contributed by atoms with E-state index in [2.05, 4.69) is 15.2 Å². The topological polar surface area (TPSA) is 50.2 Å². The van der Waals surface area contributed by atoms with Crippen molar-refractivity contribution in [1.82, 2.24) is 19.8 Å². The third-order valence-electron chi connectivity index (χ3n) is 6.17. The predicted octanol–water partition coefficient (Wildman–Crippen LogP) is 3.82. The fourth-order valence-electron chi connectivity index (χ4n) is 4.54. The van der Waals surface area contributed by atoms with E-state index >= 15 is 0 Å². The number of halogens is 2. The minimum Gasteiger partial charge on any atom is -0.353 e. The highest BCUT2D eigenvalue weighted by atomic mass is 19.2. The van der Waals surface area contributed by atoms with Crippen LogP contribution in [0, 0.1) is 17.6 Å². The zero-order valence-corrected chi connectivity index (χ0v) is 16.2. The van der Waals surface area contributed by atoms with Gasteiger partial charge in [-0.1, -0.05) is 19.3 Å². The number of hydrogen-bond acceptors (Lipinski definition) is 3. The minimum atomic E-state index is -0.873. The van der Waals surface area contributed by atoms with Crippen molar-refractivity contribution < 1.29 is 13.6 Å². The molecule has 2 aromatic rings. The van der Waals surface area contributed by atoms with Crippen molar-refractivity contribution in [2.75, 3.05) is 13.1 Å². The Labute approximate surface area is 164 Å². The van der Waals surface area contributed by atoms with Gasteiger partial charge in [-0.15, -0.1) is 0 Å². The third kappa shape index (κ3) is 4.51. The van der Waals surface area contributed by atoms with Crippen molar-refractivity contribution in [2.24, 2.45) is 5.92 Å². The van der Waals surface area contributed by atoms with Gasteiger partial charge < -0.3 is 9.88 Å². The van der Waals surface area contributed by atoms with E-state index in [-0.39, 0.29) is 11.9 Å². The first-order valence-corrected chi connectivity index (χ1v) is 10.4. The summed E-state index contributed by atoms with van der Waals surface area (Å²) in [6.07, 6.45) is 10.3. The van der Waals surface area contributed by atoms with Crippen molar-refractivity contribution in [3.63, 3.8) is 0 Å². The molecular weight excluding hydrogens is 362 g/mol. The number of piperidine rings is 1. The van der Waals surface area contributed by atoms with Crippen LogP contribution >= 0.6 is 0 Å². The van der Waals surface area contributed by atoms with Gasteiger partial charge in [0, 0.05) is 37.7 Å². The zero-order chi connectivity index (χ0) is 19.5. The van der Waals surface area contributed by atoms with Gasteiger partial charge in [0.2, 0.25) is 5.91 Å². The summed E-state index contributed by atoms with van der Waals surface area (Å²) in [6.45, 7) is 2.31. The molecule has 1 aromatic carbocycles. The molecule has 28 heavy (non-hydrogen) atoms. The maximum Gasteiger partial charge on any atom is 0.220 e. The molecule has 0 unspecified atom stereocenters. The number of amides is 1. The smallest absolute Gasteiger partial charge is 0.220 e. The highest BCUT2D eigenvalue weighted by Crippen LogP contribution is 2.26. The minimum absolute atomic E-state index is 0.198. The number of carbonyl (C=O) groups is 1. The van der Waals surface area contributed by atoms with Gasteiger partial charge in [0.25, 0.3) is 0 Å². The average molecular weight is 390 g/mol. The van der Waals surface area contributed by atoms with E-state index in [4.69, 9.17) is 0 Å². The maximum atomic E-state index is 13.6. The Morgan fingerprint density at radius 2 is 1.79 bits per heavy atom. The molecule has 1 aromatic heterocycles. The molecule has 1 aliphatic carbocycles. The van der Waals surface area contributed by atoms with Gasteiger partial charge in [0.05, 0.1) is 24.0 Å². The molecule has 7 heteroatoms. The van der Waals surface area contributed by atoms with Gasteiger partial charge in [-0.3, -0.25) is 9.69 Å². The van der Waals surface area contributed by atoms with E-state index in [0.717, 1.165) is 32.0 Å². The van der Waals surface area contributed by atoms with Crippen LogP contribution in [0.1, 0.15) is 51.4 Å². The van der Waals surface area contributed by atoms with Crippen molar-refractivity contribution in [3.8, 4) is 0 Å². The van der Waals surface area contributed by atoms with Gasteiger partial charge in [-0.25, -0.2) is 13.8 Å². The lowest BCUT2D eigenvalue weighted by Crippen LogP contribution is -2.45. The van der Waals surface area contributed by atoms with Crippen LogP contribution in [0.2, 0.25) is 0 Å². The largest absolute Gasteiger partial charge is 0.353 e. The molecule has 0 radical (unpaired) electrons. The second-order valence-electron chi connectivity index (χ2n) is 8.28. The summed E-state index contributed by atoms with van der Waals surface area (Å²) in [4.78, 5) is 18.7. The van der Waals surface area contributed by atoms with Crippen LogP contribution in [0.4, 0.5) is 8.78 Å². The number of nitrogens with zero attached hydrogens (tertiary/aromatic N) is 3. The number of nitrogens with one attached hydrogen (secondary N) is 1. The van der Waals surface area contributed by atoms with Crippen LogP contribution in [0.5, 0.6) is 0 Å². The first-order valence-electron chi connectivity index (χ1n) is 10.4. The van der Waals surface area contributed by atoms with Crippen LogP contribution in [0.3, 0.4) is 0 Å². The van der Waals surface area contributed by atoms with Crippen LogP contribution < -0.4 is 5.32 Å². The van der Waals surface area contributed by atoms with Crippen molar-refractivity contribution in [3.05, 3.63) is 30.1 Å². The Bertz CT molecular complexity index is 823. The summed E-state index contributed by atoms with van der Waals surface area (Å²) >= 11 is 0. The van der Waals surface area contributed by atoms with E-state index in [1.807, 2.05) is 4.57 Å². The first kappa shape index (κ1) is 19.3. The molecule has 2 aliphatic rings. The maximum absolute atomic E-state index is 13.6. The van der Waals surface area contributed by atoms with Gasteiger partial charge in [-0.2, -0.15) is 0 Å². The monoisotopic (exact) mass is 390 g/mol. The van der Waals surface area contributed by atoms with E-state index in [1.54, 1.807) is 6.33 Å². The van der Waals surface area contributed by atoms with Crippen molar-refractivity contribution in [2.45, 2.75) is 64.1 Å². The molecule has 5 nitrogen and oxygen atoms in total. The van der Waals surface area contributed by atoms with Gasteiger partial charge in [-0.05, 0) is 31.6 Å². The summed E-state index contributed by atoms with van der Waals surface area (Å²) in [6, 6.07) is 2.57. The first-order chi connectivity index (χ1) is 13.6. The normalized spacial score (nSPS) is 19.9. The summed E-state index contributed by atoms with van der Waals surface area (Å²) in [5, 5.41) is 3.21. The lowest BCUT2D eigenvalue weighted by Gasteiger charge is -2.33. The highest BCUT2D eigenvalue weighted by Gasteiger charge is 2.23. The SMILES string of the molecule is O=C(CC1CCCCC1)NC1CCN(Cn2cnc3cc(F)c(F)cc32)CC1. The number of benzene rings is 1. The molecule has 0 atom stereocenters. The van der Waals surface area contributed by atoms with Gasteiger partial charge in [0.15, 0.2) is 11.6 Å². The Hall–Kier alpha value is -2.02. The highest BCUT2D eigenvalue weighted by molar-refractivity contribution is 5.76. The molecule has 152 valence electrons. The molecule has 1 N–H and O–H groups in total. The lowest BCUT2D eigenvalue weighted by molar-refractivity contribution is -0.123. The van der Waals surface area contributed by atoms with Crippen LogP contribution in [0.15, 0.2) is 18.5 Å². The summed E-state index contributed by atoms with van der Waals surface area (Å²) in [5.74, 6) is -0.965. The van der Waals surface area contributed by atoms with Crippen molar-refractivity contribution >= 4 is 16.9 Å². The number of fused-ring (bicyclic) bond motifs is 1. The number of carbonyl (C=O) groups excluding carboxylic acids is 1. The van der Waals surface area contributed by atoms with E-state index < -0.39 is 11.6 Å². The molecule has 0 bridgehead atoms. The van der Waals surface area contributed by atoms with E-state index in [1.165, 1.54) is 38.2 Å². The molecule has 4 rings (SSSR count). The quantitative estimate of drug-likeness (QED) is 0.844. The van der Waals surface area contributed by atoms with Crippen molar-refractivity contribution in [1.29, 1.82) is 0 Å².